The van der Waals surface area contributed by atoms with Gasteiger partial charge in [0.2, 0.25) is 5.88 Å². The molecule has 104 valence electrons. The lowest BCUT2D eigenvalue weighted by Gasteiger charge is -2.36. The van der Waals surface area contributed by atoms with Gasteiger partial charge in [0, 0.05) is 24.8 Å². The van der Waals surface area contributed by atoms with E-state index in [0.29, 0.717) is 11.9 Å². The summed E-state index contributed by atoms with van der Waals surface area (Å²) in [5, 5.41) is 3.60. The quantitative estimate of drug-likeness (QED) is 0.904. The molecule has 3 nitrogen and oxygen atoms in total. The van der Waals surface area contributed by atoms with E-state index in [-0.39, 0.29) is 0 Å². The van der Waals surface area contributed by atoms with Crippen molar-refractivity contribution in [3.63, 3.8) is 0 Å². The van der Waals surface area contributed by atoms with Crippen molar-refractivity contribution in [1.82, 2.24) is 10.3 Å². The van der Waals surface area contributed by atoms with Crippen molar-refractivity contribution in [2.75, 3.05) is 7.11 Å². The van der Waals surface area contributed by atoms with Crippen molar-refractivity contribution in [2.24, 2.45) is 0 Å². The second-order valence-corrected chi connectivity index (χ2v) is 5.36. The van der Waals surface area contributed by atoms with E-state index in [1.165, 1.54) is 24.0 Å². The molecule has 0 saturated heterocycles. The van der Waals surface area contributed by atoms with Gasteiger partial charge in [-0.05, 0) is 36.0 Å². The van der Waals surface area contributed by atoms with Gasteiger partial charge < -0.3 is 10.1 Å². The molecule has 0 aliphatic heterocycles. The van der Waals surface area contributed by atoms with E-state index >= 15 is 0 Å². The Morgan fingerprint density at radius 2 is 2.00 bits per heavy atom. The molecule has 1 N–H and O–H groups in total. The lowest BCUT2D eigenvalue weighted by atomic mass is 9.76. The van der Waals surface area contributed by atoms with E-state index in [2.05, 4.69) is 40.6 Å². The minimum absolute atomic E-state index is 0.624. The third-order valence-corrected chi connectivity index (χ3v) is 4.01. The molecule has 1 heterocycles. The number of methoxy groups -OCH3 is 1. The summed E-state index contributed by atoms with van der Waals surface area (Å²) in [4.78, 5) is 4.12. The van der Waals surface area contributed by atoms with Crippen LogP contribution in [0.3, 0.4) is 0 Å². The summed E-state index contributed by atoms with van der Waals surface area (Å²) in [5.41, 5.74) is 2.69. The Bertz CT molecular complexity index is 550. The number of aromatic nitrogens is 1. The fraction of sp³-hybridized carbons (Fsp3) is 0.353. The van der Waals surface area contributed by atoms with E-state index in [0.717, 1.165) is 12.5 Å². The summed E-state index contributed by atoms with van der Waals surface area (Å²) >= 11 is 0. The van der Waals surface area contributed by atoms with Gasteiger partial charge in [-0.3, -0.25) is 0 Å². The zero-order chi connectivity index (χ0) is 13.8. The highest BCUT2D eigenvalue weighted by Crippen LogP contribution is 2.36. The minimum Gasteiger partial charge on any atom is -0.481 e. The fourth-order valence-electron chi connectivity index (χ4n) is 2.72. The first-order valence-electron chi connectivity index (χ1n) is 7.12. The Kier molecular flexibility index (Phi) is 3.97. The molecule has 1 aromatic heterocycles. The first-order valence-corrected chi connectivity index (χ1v) is 7.12. The molecule has 0 amide bonds. The summed E-state index contributed by atoms with van der Waals surface area (Å²) in [5.74, 6) is 1.40. The molecule has 2 aromatic rings. The molecule has 1 aliphatic rings. The Hall–Kier alpha value is -1.87. The summed E-state index contributed by atoms with van der Waals surface area (Å²) in [6, 6.07) is 15.4. The first kappa shape index (κ1) is 13.1. The highest BCUT2D eigenvalue weighted by atomic mass is 16.5. The van der Waals surface area contributed by atoms with Crippen molar-refractivity contribution in [2.45, 2.75) is 31.3 Å². The number of nitrogens with zero attached hydrogens (tertiary/aromatic N) is 1. The molecule has 0 unspecified atom stereocenters. The maximum Gasteiger partial charge on any atom is 0.213 e. The van der Waals surface area contributed by atoms with Crippen LogP contribution in [-0.2, 0) is 6.54 Å². The number of pyridine rings is 1. The molecule has 0 radical (unpaired) electrons. The zero-order valence-corrected chi connectivity index (χ0v) is 11.8. The summed E-state index contributed by atoms with van der Waals surface area (Å²) < 4.78 is 5.14. The van der Waals surface area contributed by atoms with Gasteiger partial charge in [-0.15, -0.1) is 0 Å². The van der Waals surface area contributed by atoms with Crippen LogP contribution < -0.4 is 10.1 Å². The van der Waals surface area contributed by atoms with Crippen LogP contribution in [0.15, 0.2) is 48.7 Å². The lowest BCUT2D eigenvalue weighted by molar-refractivity contribution is 0.289. The number of benzene rings is 1. The van der Waals surface area contributed by atoms with Gasteiger partial charge in [-0.1, -0.05) is 30.3 Å². The Balaban J connectivity index is 1.47. The molecule has 20 heavy (non-hydrogen) atoms. The van der Waals surface area contributed by atoms with E-state index in [9.17, 15) is 0 Å². The van der Waals surface area contributed by atoms with Gasteiger partial charge in [-0.2, -0.15) is 0 Å². The van der Waals surface area contributed by atoms with E-state index in [1.807, 2.05) is 12.1 Å². The van der Waals surface area contributed by atoms with Crippen LogP contribution in [0.25, 0.3) is 0 Å². The standard InChI is InChI=1S/C17H20N2O/c1-20-17-9-13(7-8-18-17)12-19-16-10-15(11-16)14-5-3-2-4-6-14/h2-9,15-16,19H,10-12H2,1H3. The molecule has 1 aromatic carbocycles. The van der Waals surface area contributed by atoms with Crippen molar-refractivity contribution in [3.05, 3.63) is 59.8 Å². The average molecular weight is 268 g/mol. The summed E-state index contributed by atoms with van der Waals surface area (Å²) in [7, 11) is 1.65. The molecule has 3 rings (SSSR count). The van der Waals surface area contributed by atoms with Crippen molar-refractivity contribution < 1.29 is 4.74 Å². The number of hydrogen-bond acceptors (Lipinski definition) is 3. The summed E-state index contributed by atoms with van der Waals surface area (Å²) in [6.07, 6.45) is 4.25. The number of hydrogen-bond donors (Lipinski definition) is 1. The highest BCUT2D eigenvalue weighted by Gasteiger charge is 2.29. The third-order valence-electron chi connectivity index (χ3n) is 4.01. The van der Waals surface area contributed by atoms with Crippen LogP contribution in [0.5, 0.6) is 5.88 Å². The molecule has 0 spiro atoms. The highest BCUT2D eigenvalue weighted by molar-refractivity contribution is 5.23. The Labute approximate surface area is 120 Å². The lowest BCUT2D eigenvalue weighted by Crippen LogP contribution is -2.39. The Morgan fingerprint density at radius 1 is 1.20 bits per heavy atom. The second-order valence-electron chi connectivity index (χ2n) is 5.36. The second kappa shape index (κ2) is 6.06. The monoisotopic (exact) mass is 268 g/mol. The fourth-order valence-corrected chi connectivity index (χ4v) is 2.72. The molecule has 3 heteroatoms. The zero-order valence-electron chi connectivity index (χ0n) is 11.8. The van der Waals surface area contributed by atoms with Crippen LogP contribution in [0, 0.1) is 0 Å². The van der Waals surface area contributed by atoms with Crippen LogP contribution in [0.4, 0.5) is 0 Å². The molecule has 1 saturated carbocycles. The normalized spacial score (nSPS) is 21.2. The minimum atomic E-state index is 0.624. The van der Waals surface area contributed by atoms with Crippen molar-refractivity contribution in [3.8, 4) is 5.88 Å². The van der Waals surface area contributed by atoms with Crippen LogP contribution in [-0.4, -0.2) is 18.1 Å². The van der Waals surface area contributed by atoms with Crippen molar-refractivity contribution >= 4 is 0 Å². The van der Waals surface area contributed by atoms with Gasteiger partial charge in [-0.25, -0.2) is 4.98 Å². The maximum atomic E-state index is 5.14. The molecular weight excluding hydrogens is 248 g/mol. The molecule has 0 bridgehead atoms. The van der Waals surface area contributed by atoms with Crippen LogP contribution in [0.1, 0.15) is 29.9 Å². The third kappa shape index (κ3) is 2.99. The average Bonchev–Trinajstić information content (AvgIpc) is 2.47. The predicted octanol–water partition coefficient (Wildman–Crippen LogP) is 3.13. The van der Waals surface area contributed by atoms with E-state index in [4.69, 9.17) is 4.74 Å². The van der Waals surface area contributed by atoms with Gasteiger partial charge in [0.1, 0.15) is 0 Å². The largest absolute Gasteiger partial charge is 0.481 e. The van der Waals surface area contributed by atoms with Gasteiger partial charge >= 0.3 is 0 Å². The predicted molar refractivity (Wildman–Crippen MR) is 79.8 cm³/mol. The SMILES string of the molecule is COc1cc(CNC2CC(c3ccccc3)C2)ccn1. The molecule has 1 aliphatic carbocycles. The smallest absolute Gasteiger partial charge is 0.213 e. The van der Waals surface area contributed by atoms with Gasteiger partial charge in [0.05, 0.1) is 7.11 Å². The molecule has 1 fully saturated rings. The number of nitrogens with one attached hydrogen (secondary N) is 1. The van der Waals surface area contributed by atoms with E-state index < -0.39 is 0 Å². The van der Waals surface area contributed by atoms with E-state index in [1.54, 1.807) is 13.3 Å². The first-order chi connectivity index (χ1) is 9.85. The topological polar surface area (TPSA) is 34.1 Å². The number of ether oxygens (including phenoxy) is 1. The number of rotatable bonds is 5. The van der Waals surface area contributed by atoms with Gasteiger partial charge in [0.15, 0.2) is 0 Å². The van der Waals surface area contributed by atoms with Crippen LogP contribution >= 0.6 is 0 Å². The van der Waals surface area contributed by atoms with Gasteiger partial charge in [0.25, 0.3) is 0 Å². The Morgan fingerprint density at radius 3 is 2.75 bits per heavy atom. The van der Waals surface area contributed by atoms with Crippen molar-refractivity contribution in [1.29, 1.82) is 0 Å². The van der Waals surface area contributed by atoms with Crippen LogP contribution in [0.2, 0.25) is 0 Å². The maximum absolute atomic E-state index is 5.14. The molecule has 0 atom stereocenters. The molecular formula is C17H20N2O. The summed E-state index contributed by atoms with van der Waals surface area (Å²) in [6.45, 7) is 0.880.